The molecular weight excluding hydrogens is 284 g/mol. The third-order valence-corrected chi connectivity index (χ3v) is 5.78. The zero-order chi connectivity index (χ0) is 13.8. The fourth-order valence-electron chi connectivity index (χ4n) is 2.45. The first-order valence-electron chi connectivity index (χ1n) is 6.54. The number of carbonyl (C=O) groups is 2. The van der Waals surface area contributed by atoms with Gasteiger partial charge in [0.25, 0.3) is 0 Å². The van der Waals surface area contributed by atoms with E-state index in [4.69, 9.17) is 5.11 Å². The van der Waals surface area contributed by atoms with Crippen LogP contribution in [0.15, 0.2) is 0 Å². The molecule has 0 aromatic carbocycles. The van der Waals surface area contributed by atoms with E-state index in [2.05, 4.69) is 6.92 Å². The van der Waals surface area contributed by atoms with E-state index in [-0.39, 0.29) is 24.5 Å². The average molecular weight is 304 g/mol. The van der Waals surface area contributed by atoms with E-state index < -0.39 is 5.97 Å². The summed E-state index contributed by atoms with van der Waals surface area (Å²) in [6.45, 7) is 3.50. The zero-order valence-corrected chi connectivity index (χ0v) is 12.7. The second-order valence-corrected chi connectivity index (χ2v) is 7.22. The normalized spacial score (nSPS) is 28.3. The molecule has 2 atom stereocenters. The van der Waals surface area contributed by atoms with Crippen LogP contribution < -0.4 is 0 Å². The smallest absolute Gasteiger partial charge is 0.320 e. The summed E-state index contributed by atoms with van der Waals surface area (Å²) in [5, 5.41) is 8.96. The van der Waals surface area contributed by atoms with E-state index >= 15 is 0 Å². The number of urea groups is 1. The first-order valence-corrected chi connectivity index (χ1v) is 8.85. The second kappa shape index (κ2) is 6.74. The molecule has 0 bridgehead atoms. The number of carboxylic acid groups (broad SMARTS) is 1. The van der Waals surface area contributed by atoms with Crippen LogP contribution in [0.1, 0.15) is 13.3 Å². The summed E-state index contributed by atoms with van der Waals surface area (Å²) >= 11 is 3.61. The van der Waals surface area contributed by atoms with Crippen LogP contribution in [-0.2, 0) is 4.79 Å². The van der Waals surface area contributed by atoms with Gasteiger partial charge in [-0.15, -0.1) is 0 Å². The number of carboxylic acids is 1. The number of hydrogen-bond acceptors (Lipinski definition) is 4. The van der Waals surface area contributed by atoms with Gasteiger partial charge in [-0.05, 0) is 6.92 Å². The highest BCUT2D eigenvalue weighted by molar-refractivity contribution is 7.99. The third-order valence-electron chi connectivity index (χ3n) is 3.50. The Bertz CT molecular complexity index is 354. The van der Waals surface area contributed by atoms with Gasteiger partial charge in [-0.1, -0.05) is 0 Å². The molecule has 0 aromatic rings. The predicted octanol–water partition coefficient (Wildman–Crippen LogP) is 1.44. The minimum atomic E-state index is -0.826. The monoisotopic (exact) mass is 304 g/mol. The Morgan fingerprint density at radius 1 is 1.16 bits per heavy atom. The topological polar surface area (TPSA) is 60.9 Å². The van der Waals surface area contributed by atoms with Gasteiger partial charge < -0.3 is 14.9 Å². The predicted molar refractivity (Wildman–Crippen MR) is 79.0 cm³/mol. The van der Waals surface area contributed by atoms with Crippen molar-refractivity contribution in [2.75, 3.05) is 36.1 Å². The zero-order valence-electron chi connectivity index (χ0n) is 11.1. The minimum Gasteiger partial charge on any atom is -0.481 e. The molecule has 1 N–H and O–H groups in total. The molecule has 0 aliphatic carbocycles. The summed E-state index contributed by atoms with van der Waals surface area (Å²) in [5.74, 6) is 2.75. The lowest BCUT2D eigenvalue weighted by Gasteiger charge is -2.41. The molecular formula is C12H20N2O3S2. The van der Waals surface area contributed by atoms with E-state index in [1.807, 2.05) is 16.7 Å². The molecule has 0 aromatic heterocycles. The number of nitrogens with zero attached hydrogens (tertiary/aromatic N) is 2. The Morgan fingerprint density at radius 2 is 1.79 bits per heavy atom. The molecule has 19 heavy (non-hydrogen) atoms. The van der Waals surface area contributed by atoms with Crippen molar-refractivity contribution < 1.29 is 14.7 Å². The van der Waals surface area contributed by atoms with Crippen molar-refractivity contribution in [3.63, 3.8) is 0 Å². The van der Waals surface area contributed by atoms with Crippen molar-refractivity contribution in [1.82, 2.24) is 9.80 Å². The van der Waals surface area contributed by atoms with Crippen LogP contribution in [0.2, 0.25) is 0 Å². The fraction of sp³-hybridized carbons (Fsp3) is 0.833. The van der Waals surface area contributed by atoms with Crippen molar-refractivity contribution in [3.05, 3.63) is 0 Å². The maximum atomic E-state index is 12.6. The van der Waals surface area contributed by atoms with Crippen LogP contribution >= 0.6 is 23.5 Å². The Hall–Kier alpha value is -0.560. The fourth-order valence-corrected chi connectivity index (χ4v) is 4.53. The van der Waals surface area contributed by atoms with E-state index in [1.165, 1.54) is 0 Å². The van der Waals surface area contributed by atoms with E-state index in [0.717, 1.165) is 29.6 Å². The van der Waals surface area contributed by atoms with Gasteiger partial charge in [-0.2, -0.15) is 23.5 Å². The summed E-state index contributed by atoms with van der Waals surface area (Å²) in [6, 6.07) is 0.108. The maximum absolute atomic E-state index is 12.6. The lowest BCUT2D eigenvalue weighted by molar-refractivity contribution is -0.138. The largest absolute Gasteiger partial charge is 0.481 e. The summed E-state index contributed by atoms with van der Waals surface area (Å²) in [6.07, 6.45) is 0.0513. The standard InChI is InChI=1S/C12H20N2O3S2/c1-9-7-18-4-2-13(9)12(17)14-3-5-19-8-10(14)6-11(15)16/h9-10H,2-8H2,1H3,(H,15,16). The number of amides is 2. The first kappa shape index (κ1) is 14.8. The lowest BCUT2D eigenvalue weighted by Crippen LogP contribution is -2.56. The van der Waals surface area contributed by atoms with Gasteiger partial charge >= 0.3 is 12.0 Å². The van der Waals surface area contributed by atoms with Crippen LogP contribution in [0.4, 0.5) is 4.79 Å². The molecule has 2 saturated heterocycles. The molecule has 0 saturated carbocycles. The number of thioether (sulfide) groups is 2. The number of rotatable bonds is 2. The molecule has 2 rings (SSSR count). The molecule has 108 valence electrons. The summed E-state index contributed by atoms with van der Waals surface area (Å²) in [7, 11) is 0. The van der Waals surface area contributed by atoms with Crippen LogP contribution in [0, 0.1) is 0 Å². The maximum Gasteiger partial charge on any atom is 0.320 e. The van der Waals surface area contributed by atoms with Gasteiger partial charge in [0.15, 0.2) is 0 Å². The molecule has 7 heteroatoms. The van der Waals surface area contributed by atoms with Crippen molar-refractivity contribution in [2.45, 2.75) is 25.4 Å². The van der Waals surface area contributed by atoms with E-state index in [1.54, 1.807) is 16.7 Å². The van der Waals surface area contributed by atoms with Crippen molar-refractivity contribution >= 4 is 35.5 Å². The van der Waals surface area contributed by atoms with Gasteiger partial charge in [0.05, 0.1) is 12.5 Å². The first-order chi connectivity index (χ1) is 9.09. The van der Waals surface area contributed by atoms with Gasteiger partial charge in [-0.25, -0.2) is 4.79 Å². The molecule has 2 heterocycles. The summed E-state index contributed by atoms with van der Waals surface area (Å²) in [5.41, 5.74) is 0. The average Bonchev–Trinajstić information content (AvgIpc) is 2.38. The van der Waals surface area contributed by atoms with Gasteiger partial charge in [0, 0.05) is 42.1 Å². The molecule has 2 amide bonds. The summed E-state index contributed by atoms with van der Waals surface area (Å²) < 4.78 is 0. The molecule has 0 radical (unpaired) electrons. The molecule has 2 aliphatic rings. The number of aliphatic carboxylic acids is 1. The van der Waals surface area contributed by atoms with Gasteiger partial charge in [-0.3, -0.25) is 4.79 Å². The highest BCUT2D eigenvalue weighted by atomic mass is 32.2. The van der Waals surface area contributed by atoms with Crippen molar-refractivity contribution in [2.24, 2.45) is 0 Å². The van der Waals surface area contributed by atoms with Gasteiger partial charge in [0.1, 0.15) is 0 Å². The van der Waals surface area contributed by atoms with E-state index in [9.17, 15) is 9.59 Å². The Labute approximate surface area is 122 Å². The highest BCUT2D eigenvalue weighted by Crippen LogP contribution is 2.23. The molecule has 5 nitrogen and oxygen atoms in total. The lowest BCUT2D eigenvalue weighted by atomic mass is 10.2. The second-order valence-electron chi connectivity index (χ2n) is 4.92. The van der Waals surface area contributed by atoms with Crippen LogP contribution in [0.5, 0.6) is 0 Å². The SMILES string of the molecule is CC1CSCCN1C(=O)N1CCSCC1CC(=O)O. The van der Waals surface area contributed by atoms with Crippen LogP contribution in [0.3, 0.4) is 0 Å². The van der Waals surface area contributed by atoms with Crippen LogP contribution in [0.25, 0.3) is 0 Å². The third kappa shape index (κ3) is 3.72. The number of hydrogen-bond donors (Lipinski definition) is 1. The molecule has 0 spiro atoms. The quantitative estimate of drug-likeness (QED) is 0.836. The molecule has 2 aliphatic heterocycles. The molecule has 2 fully saturated rings. The number of carbonyl (C=O) groups excluding carboxylic acids is 1. The Kier molecular flexibility index (Phi) is 5.27. The van der Waals surface area contributed by atoms with E-state index in [0.29, 0.717) is 6.54 Å². The van der Waals surface area contributed by atoms with Gasteiger partial charge in [0.2, 0.25) is 0 Å². The highest BCUT2D eigenvalue weighted by Gasteiger charge is 2.34. The minimum absolute atomic E-state index is 0.0272. The Balaban J connectivity index is 2.03. The molecule has 2 unspecified atom stereocenters. The van der Waals surface area contributed by atoms with Crippen molar-refractivity contribution in [1.29, 1.82) is 0 Å². The summed E-state index contributed by atoms with van der Waals surface area (Å²) in [4.78, 5) is 27.2. The van der Waals surface area contributed by atoms with Crippen LogP contribution in [-0.4, -0.2) is 75.1 Å². The van der Waals surface area contributed by atoms with Crippen molar-refractivity contribution in [3.8, 4) is 0 Å². The Morgan fingerprint density at radius 3 is 2.42 bits per heavy atom.